The van der Waals surface area contributed by atoms with Crippen molar-refractivity contribution in [2.75, 3.05) is 6.61 Å². The van der Waals surface area contributed by atoms with E-state index < -0.39 is 5.91 Å². The minimum atomic E-state index is -0.444. The lowest BCUT2D eigenvalue weighted by molar-refractivity contribution is 0.0844. The average Bonchev–Trinajstić information content (AvgIpc) is 2.58. The molecular formula is C19H21BrN2O3. The van der Waals surface area contributed by atoms with Gasteiger partial charge >= 0.3 is 0 Å². The van der Waals surface area contributed by atoms with Gasteiger partial charge in [-0.2, -0.15) is 0 Å². The topological polar surface area (TPSA) is 67.4 Å². The number of hydrazine groups is 1. The molecule has 5 nitrogen and oxygen atoms in total. The Hall–Kier alpha value is -2.34. The summed E-state index contributed by atoms with van der Waals surface area (Å²) in [5, 5.41) is 0. The number of amides is 2. The third-order valence-corrected chi connectivity index (χ3v) is 3.85. The van der Waals surface area contributed by atoms with E-state index in [0.29, 0.717) is 29.4 Å². The fraction of sp³-hybridized carbons (Fsp3) is 0.263. The summed E-state index contributed by atoms with van der Waals surface area (Å²) in [6, 6.07) is 12.3. The van der Waals surface area contributed by atoms with Crippen molar-refractivity contribution < 1.29 is 14.3 Å². The Labute approximate surface area is 155 Å². The highest BCUT2D eigenvalue weighted by Crippen LogP contribution is 2.23. The van der Waals surface area contributed by atoms with E-state index >= 15 is 0 Å². The number of hydrogen-bond donors (Lipinski definition) is 2. The fourth-order valence-corrected chi connectivity index (χ4v) is 2.38. The third kappa shape index (κ3) is 5.60. The van der Waals surface area contributed by atoms with Gasteiger partial charge < -0.3 is 4.74 Å². The molecule has 0 unspecified atom stereocenters. The van der Waals surface area contributed by atoms with Gasteiger partial charge in [-0.25, -0.2) is 0 Å². The molecule has 0 heterocycles. The lowest BCUT2D eigenvalue weighted by atomic mass is 10.1. The number of carbonyl (C=O) groups is 2. The molecule has 0 bridgehead atoms. The highest BCUT2D eigenvalue weighted by atomic mass is 79.9. The van der Waals surface area contributed by atoms with Crippen LogP contribution >= 0.6 is 15.9 Å². The first-order valence-electron chi connectivity index (χ1n) is 7.96. The van der Waals surface area contributed by atoms with Crippen LogP contribution in [0.3, 0.4) is 0 Å². The van der Waals surface area contributed by atoms with Gasteiger partial charge in [0.05, 0.1) is 12.2 Å². The van der Waals surface area contributed by atoms with Crippen molar-refractivity contribution in [3.05, 3.63) is 63.6 Å². The zero-order valence-electron chi connectivity index (χ0n) is 14.4. The van der Waals surface area contributed by atoms with Gasteiger partial charge in [-0.1, -0.05) is 47.5 Å². The SMILES string of the molecule is Cc1ccc(C(=O)NNC(=O)c2cc(Br)ccc2OCC(C)C)cc1. The van der Waals surface area contributed by atoms with Crippen LogP contribution in [0.25, 0.3) is 0 Å². The summed E-state index contributed by atoms with van der Waals surface area (Å²) in [6.45, 7) is 6.49. The molecule has 25 heavy (non-hydrogen) atoms. The zero-order valence-corrected chi connectivity index (χ0v) is 16.0. The maximum Gasteiger partial charge on any atom is 0.273 e. The summed E-state index contributed by atoms with van der Waals surface area (Å²) in [6.07, 6.45) is 0. The first-order valence-corrected chi connectivity index (χ1v) is 8.76. The summed E-state index contributed by atoms with van der Waals surface area (Å²) >= 11 is 3.35. The molecule has 0 saturated carbocycles. The van der Waals surface area contributed by atoms with Gasteiger partial charge in [0, 0.05) is 10.0 Å². The maximum absolute atomic E-state index is 12.4. The van der Waals surface area contributed by atoms with Crippen molar-refractivity contribution >= 4 is 27.7 Å². The number of carbonyl (C=O) groups excluding carboxylic acids is 2. The molecule has 0 aromatic heterocycles. The van der Waals surface area contributed by atoms with Crippen molar-refractivity contribution in [1.29, 1.82) is 0 Å². The number of rotatable bonds is 5. The number of hydrogen-bond acceptors (Lipinski definition) is 3. The van der Waals surface area contributed by atoms with Crippen LogP contribution < -0.4 is 15.6 Å². The number of aryl methyl sites for hydroxylation is 1. The highest BCUT2D eigenvalue weighted by Gasteiger charge is 2.15. The van der Waals surface area contributed by atoms with Gasteiger partial charge in [-0.15, -0.1) is 0 Å². The van der Waals surface area contributed by atoms with Crippen molar-refractivity contribution in [2.45, 2.75) is 20.8 Å². The Morgan fingerprint density at radius 2 is 1.68 bits per heavy atom. The molecule has 132 valence electrons. The van der Waals surface area contributed by atoms with Crippen LogP contribution in [0, 0.1) is 12.8 Å². The molecule has 2 aromatic carbocycles. The van der Waals surface area contributed by atoms with E-state index in [0.717, 1.165) is 10.0 Å². The Morgan fingerprint density at radius 1 is 1.04 bits per heavy atom. The van der Waals surface area contributed by atoms with Crippen LogP contribution in [0.1, 0.15) is 40.1 Å². The summed E-state index contributed by atoms with van der Waals surface area (Å²) in [4.78, 5) is 24.5. The van der Waals surface area contributed by atoms with E-state index in [2.05, 4.69) is 26.8 Å². The number of halogens is 1. The summed E-state index contributed by atoms with van der Waals surface area (Å²) < 4.78 is 6.43. The molecule has 2 aromatic rings. The molecule has 0 aliphatic carbocycles. The van der Waals surface area contributed by atoms with Crippen LogP contribution in [-0.2, 0) is 0 Å². The van der Waals surface area contributed by atoms with Crippen LogP contribution in [0.15, 0.2) is 46.9 Å². The predicted octanol–water partition coefficient (Wildman–Crippen LogP) is 3.87. The molecule has 0 aliphatic rings. The minimum Gasteiger partial charge on any atom is -0.492 e. The van der Waals surface area contributed by atoms with E-state index in [9.17, 15) is 9.59 Å². The van der Waals surface area contributed by atoms with Gasteiger partial charge in [-0.3, -0.25) is 20.4 Å². The second-order valence-corrected chi connectivity index (χ2v) is 7.04. The largest absolute Gasteiger partial charge is 0.492 e. The standard InChI is InChI=1S/C19H21BrN2O3/c1-12(2)11-25-17-9-8-15(20)10-16(17)19(24)22-21-18(23)14-6-4-13(3)5-7-14/h4-10,12H,11H2,1-3H3,(H,21,23)(H,22,24). The average molecular weight is 405 g/mol. The highest BCUT2D eigenvalue weighted by molar-refractivity contribution is 9.10. The van der Waals surface area contributed by atoms with Crippen LogP contribution in [0.2, 0.25) is 0 Å². The molecular weight excluding hydrogens is 384 g/mol. The second kappa shape index (κ2) is 8.67. The molecule has 6 heteroatoms. The monoisotopic (exact) mass is 404 g/mol. The van der Waals surface area contributed by atoms with Gasteiger partial charge in [-0.05, 0) is 43.2 Å². The molecule has 2 amide bonds. The first-order chi connectivity index (χ1) is 11.9. The Balaban J connectivity index is 2.05. The van der Waals surface area contributed by atoms with E-state index in [1.807, 2.05) is 32.9 Å². The molecule has 0 aliphatic heterocycles. The Kier molecular flexibility index (Phi) is 6.58. The first kappa shape index (κ1) is 19.0. The van der Waals surface area contributed by atoms with E-state index in [-0.39, 0.29) is 5.91 Å². The Morgan fingerprint density at radius 3 is 2.32 bits per heavy atom. The number of benzene rings is 2. The van der Waals surface area contributed by atoms with Gasteiger partial charge in [0.25, 0.3) is 11.8 Å². The predicted molar refractivity (Wildman–Crippen MR) is 101 cm³/mol. The normalized spacial score (nSPS) is 10.4. The Bertz CT molecular complexity index is 758. The van der Waals surface area contributed by atoms with Crippen LogP contribution in [0.5, 0.6) is 5.75 Å². The fourth-order valence-electron chi connectivity index (χ4n) is 2.02. The van der Waals surface area contributed by atoms with E-state index in [1.54, 1.807) is 30.3 Å². The van der Waals surface area contributed by atoms with Crippen molar-refractivity contribution in [3.8, 4) is 5.75 Å². The molecule has 0 atom stereocenters. The summed E-state index contributed by atoms with van der Waals surface area (Å²) in [5.74, 6) is -0.0201. The number of nitrogens with one attached hydrogen (secondary N) is 2. The van der Waals surface area contributed by atoms with Crippen molar-refractivity contribution in [3.63, 3.8) is 0 Å². The zero-order chi connectivity index (χ0) is 18.4. The molecule has 0 fully saturated rings. The van der Waals surface area contributed by atoms with Crippen molar-refractivity contribution in [1.82, 2.24) is 10.9 Å². The van der Waals surface area contributed by atoms with Crippen molar-refractivity contribution in [2.24, 2.45) is 5.92 Å². The maximum atomic E-state index is 12.4. The molecule has 0 saturated heterocycles. The molecule has 0 radical (unpaired) electrons. The van der Waals surface area contributed by atoms with Crippen LogP contribution in [-0.4, -0.2) is 18.4 Å². The minimum absolute atomic E-state index is 0.334. The van der Waals surface area contributed by atoms with Gasteiger partial charge in [0.1, 0.15) is 5.75 Å². The summed E-state index contributed by atoms with van der Waals surface area (Å²) in [7, 11) is 0. The van der Waals surface area contributed by atoms with Crippen LogP contribution in [0.4, 0.5) is 0 Å². The quantitative estimate of drug-likeness (QED) is 0.743. The van der Waals surface area contributed by atoms with E-state index in [1.165, 1.54) is 0 Å². The smallest absolute Gasteiger partial charge is 0.273 e. The van der Waals surface area contributed by atoms with E-state index in [4.69, 9.17) is 4.74 Å². The van der Waals surface area contributed by atoms with Gasteiger partial charge in [0.2, 0.25) is 0 Å². The number of ether oxygens (including phenoxy) is 1. The summed E-state index contributed by atoms with van der Waals surface area (Å²) in [5.41, 5.74) is 6.72. The van der Waals surface area contributed by atoms with Gasteiger partial charge in [0.15, 0.2) is 0 Å². The lowest BCUT2D eigenvalue weighted by Gasteiger charge is -2.14. The molecule has 2 N–H and O–H groups in total. The second-order valence-electron chi connectivity index (χ2n) is 6.12. The lowest BCUT2D eigenvalue weighted by Crippen LogP contribution is -2.41. The third-order valence-electron chi connectivity index (χ3n) is 3.36. The molecule has 2 rings (SSSR count). The molecule has 0 spiro atoms.